The van der Waals surface area contributed by atoms with Gasteiger partial charge in [0, 0.05) is 45.3 Å². The first kappa shape index (κ1) is 13.4. The number of nitrogens with zero attached hydrogens (tertiary/aromatic N) is 2. The number of likely N-dealkylation sites (N-methyl/N-ethyl adjacent to an activating group) is 1. The summed E-state index contributed by atoms with van der Waals surface area (Å²) in [5, 5.41) is 2.98. The van der Waals surface area contributed by atoms with Crippen LogP contribution in [0.5, 0.6) is 0 Å². The first-order chi connectivity index (χ1) is 8.20. The quantitative estimate of drug-likeness (QED) is 0.756. The molecule has 1 aromatic rings. The van der Waals surface area contributed by atoms with Crippen molar-refractivity contribution in [3.05, 3.63) is 24.0 Å². The number of rotatable bonds is 6. The minimum absolute atomic E-state index is 0.0536. The molecule has 1 aromatic heterocycles. The third kappa shape index (κ3) is 3.71. The molecule has 0 radical (unpaired) electrons. The summed E-state index contributed by atoms with van der Waals surface area (Å²) in [6, 6.07) is 1.78. The second-order valence-electron chi connectivity index (χ2n) is 3.59. The molecule has 0 atom stereocenters. The Kier molecular flexibility index (Phi) is 5.42. The maximum Gasteiger partial charge on any atom is 0.257 e. The summed E-state index contributed by atoms with van der Waals surface area (Å²) in [6.45, 7) is 3.72. The lowest BCUT2D eigenvalue weighted by Crippen LogP contribution is -2.30. The molecule has 0 bridgehead atoms. The van der Waals surface area contributed by atoms with Crippen molar-refractivity contribution >= 4 is 11.6 Å². The van der Waals surface area contributed by atoms with Crippen LogP contribution >= 0.6 is 0 Å². The minimum atomic E-state index is -0.0536. The van der Waals surface area contributed by atoms with Crippen LogP contribution in [-0.2, 0) is 4.74 Å². The Morgan fingerprint density at radius 1 is 1.59 bits per heavy atom. The van der Waals surface area contributed by atoms with Gasteiger partial charge in [-0.1, -0.05) is 0 Å². The van der Waals surface area contributed by atoms with Gasteiger partial charge in [0.25, 0.3) is 5.91 Å². The summed E-state index contributed by atoms with van der Waals surface area (Å²) in [7, 11) is 3.54. The molecule has 0 aliphatic heterocycles. The lowest BCUT2D eigenvalue weighted by atomic mass is 10.2. The summed E-state index contributed by atoms with van der Waals surface area (Å²) < 4.78 is 5.22. The fourth-order valence-electron chi connectivity index (χ4n) is 1.44. The normalized spacial score (nSPS) is 10.1. The van der Waals surface area contributed by atoms with E-state index in [1.54, 1.807) is 37.5 Å². The molecule has 0 saturated carbocycles. The van der Waals surface area contributed by atoms with Crippen LogP contribution in [0.15, 0.2) is 18.5 Å². The van der Waals surface area contributed by atoms with Gasteiger partial charge in [-0.15, -0.1) is 0 Å². The SMILES string of the molecule is CCOCCN(C)C(=O)c1cnccc1NC. The Morgan fingerprint density at radius 2 is 2.35 bits per heavy atom. The monoisotopic (exact) mass is 237 g/mol. The number of hydrogen-bond acceptors (Lipinski definition) is 4. The van der Waals surface area contributed by atoms with E-state index in [4.69, 9.17) is 4.74 Å². The van der Waals surface area contributed by atoms with Crippen LogP contribution in [-0.4, -0.2) is 49.6 Å². The number of aromatic nitrogens is 1. The standard InChI is InChI=1S/C12H19N3O2/c1-4-17-8-7-15(3)12(16)10-9-14-6-5-11(10)13-2/h5-6,9H,4,7-8H2,1-3H3,(H,13,14). The molecule has 5 heteroatoms. The molecule has 0 spiro atoms. The predicted molar refractivity (Wildman–Crippen MR) is 67.2 cm³/mol. The first-order valence-electron chi connectivity index (χ1n) is 5.65. The molecule has 1 amide bonds. The predicted octanol–water partition coefficient (Wildman–Crippen LogP) is 1.23. The highest BCUT2D eigenvalue weighted by Gasteiger charge is 2.14. The maximum absolute atomic E-state index is 12.1. The first-order valence-corrected chi connectivity index (χ1v) is 5.65. The van der Waals surface area contributed by atoms with E-state index >= 15 is 0 Å². The Hall–Kier alpha value is -1.62. The van der Waals surface area contributed by atoms with Crippen molar-refractivity contribution in [1.29, 1.82) is 0 Å². The zero-order chi connectivity index (χ0) is 12.7. The van der Waals surface area contributed by atoms with E-state index in [1.165, 1.54) is 0 Å². The fraction of sp³-hybridized carbons (Fsp3) is 0.500. The largest absolute Gasteiger partial charge is 0.387 e. The van der Waals surface area contributed by atoms with Gasteiger partial charge in [-0.25, -0.2) is 0 Å². The average molecular weight is 237 g/mol. The van der Waals surface area contributed by atoms with Crippen LogP contribution in [0, 0.1) is 0 Å². The third-order valence-electron chi connectivity index (χ3n) is 2.44. The van der Waals surface area contributed by atoms with E-state index < -0.39 is 0 Å². The van der Waals surface area contributed by atoms with Crippen LogP contribution in [0.25, 0.3) is 0 Å². The van der Waals surface area contributed by atoms with Gasteiger partial charge in [-0.2, -0.15) is 0 Å². The molecular weight excluding hydrogens is 218 g/mol. The molecule has 1 N–H and O–H groups in total. The summed E-state index contributed by atoms with van der Waals surface area (Å²) in [6.07, 6.45) is 3.23. The molecule has 0 fully saturated rings. The molecular formula is C12H19N3O2. The highest BCUT2D eigenvalue weighted by atomic mass is 16.5. The van der Waals surface area contributed by atoms with E-state index in [1.807, 2.05) is 6.92 Å². The van der Waals surface area contributed by atoms with Gasteiger partial charge in [0.1, 0.15) is 0 Å². The number of ether oxygens (including phenoxy) is 1. The van der Waals surface area contributed by atoms with Crippen molar-refractivity contribution in [2.24, 2.45) is 0 Å². The number of hydrogen-bond donors (Lipinski definition) is 1. The average Bonchev–Trinajstić information content (AvgIpc) is 2.38. The van der Waals surface area contributed by atoms with E-state index in [0.717, 1.165) is 5.69 Å². The molecule has 0 aromatic carbocycles. The van der Waals surface area contributed by atoms with Crippen LogP contribution in [0.2, 0.25) is 0 Å². The van der Waals surface area contributed by atoms with Crippen LogP contribution < -0.4 is 5.32 Å². The topological polar surface area (TPSA) is 54.5 Å². The lowest BCUT2D eigenvalue weighted by Gasteiger charge is -2.18. The van der Waals surface area contributed by atoms with Gasteiger partial charge in [-0.05, 0) is 13.0 Å². The molecule has 0 unspecified atom stereocenters. The van der Waals surface area contributed by atoms with Gasteiger partial charge in [0.05, 0.1) is 12.2 Å². The molecule has 1 heterocycles. The minimum Gasteiger partial charge on any atom is -0.387 e. The zero-order valence-electron chi connectivity index (χ0n) is 10.6. The molecule has 1 rings (SSSR count). The molecule has 0 aliphatic carbocycles. The summed E-state index contributed by atoms with van der Waals surface area (Å²) in [5.41, 5.74) is 1.36. The van der Waals surface area contributed by atoms with E-state index in [2.05, 4.69) is 10.3 Å². The van der Waals surface area contributed by atoms with Crippen molar-refractivity contribution in [2.45, 2.75) is 6.92 Å². The Bertz CT molecular complexity index is 369. The van der Waals surface area contributed by atoms with E-state index in [9.17, 15) is 4.79 Å². The van der Waals surface area contributed by atoms with Crippen molar-refractivity contribution in [2.75, 3.05) is 39.2 Å². The van der Waals surface area contributed by atoms with E-state index in [0.29, 0.717) is 25.3 Å². The Morgan fingerprint density at radius 3 is 3.00 bits per heavy atom. The highest BCUT2D eigenvalue weighted by Crippen LogP contribution is 2.14. The fourth-order valence-corrected chi connectivity index (χ4v) is 1.44. The zero-order valence-corrected chi connectivity index (χ0v) is 10.6. The second-order valence-corrected chi connectivity index (χ2v) is 3.59. The van der Waals surface area contributed by atoms with Gasteiger partial charge in [0.2, 0.25) is 0 Å². The molecule has 0 saturated heterocycles. The van der Waals surface area contributed by atoms with Crippen LogP contribution in [0.3, 0.4) is 0 Å². The number of carbonyl (C=O) groups is 1. The molecule has 5 nitrogen and oxygen atoms in total. The van der Waals surface area contributed by atoms with Gasteiger partial charge in [-0.3, -0.25) is 9.78 Å². The van der Waals surface area contributed by atoms with E-state index in [-0.39, 0.29) is 5.91 Å². The second kappa shape index (κ2) is 6.85. The maximum atomic E-state index is 12.1. The summed E-state index contributed by atoms with van der Waals surface area (Å²) >= 11 is 0. The van der Waals surface area contributed by atoms with Gasteiger partial charge < -0.3 is 15.0 Å². The Labute approximate surface area is 102 Å². The number of carbonyl (C=O) groups excluding carboxylic acids is 1. The lowest BCUT2D eigenvalue weighted by molar-refractivity contribution is 0.0710. The summed E-state index contributed by atoms with van der Waals surface area (Å²) in [5.74, 6) is -0.0536. The summed E-state index contributed by atoms with van der Waals surface area (Å²) in [4.78, 5) is 17.7. The molecule has 0 aliphatic rings. The van der Waals surface area contributed by atoms with Crippen molar-refractivity contribution in [3.8, 4) is 0 Å². The number of anilines is 1. The highest BCUT2D eigenvalue weighted by molar-refractivity contribution is 5.99. The van der Waals surface area contributed by atoms with Gasteiger partial charge in [0.15, 0.2) is 0 Å². The number of amides is 1. The molecule has 17 heavy (non-hydrogen) atoms. The number of pyridine rings is 1. The van der Waals surface area contributed by atoms with Crippen molar-refractivity contribution < 1.29 is 9.53 Å². The third-order valence-corrected chi connectivity index (χ3v) is 2.44. The van der Waals surface area contributed by atoms with Crippen LogP contribution in [0.4, 0.5) is 5.69 Å². The number of nitrogens with one attached hydrogen (secondary N) is 1. The smallest absolute Gasteiger partial charge is 0.257 e. The van der Waals surface area contributed by atoms with Gasteiger partial charge >= 0.3 is 0 Å². The van der Waals surface area contributed by atoms with Crippen molar-refractivity contribution in [1.82, 2.24) is 9.88 Å². The van der Waals surface area contributed by atoms with Crippen molar-refractivity contribution in [3.63, 3.8) is 0 Å². The molecule has 94 valence electrons. The Balaban J connectivity index is 2.67. The van der Waals surface area contributed by atoms with Crippen LogP contribution in [0.1, 0.15) is 17.3 Å².